The summed E-state index contributed by atoms with van der Waals surface area (Å²) in [7, 11) is 1.65. The van der Waals surface area contributed by atoms with Gasteiger partial charge in [-0.25, -0.2) is 4.79 Å². The number of esters is 1. The Hall–Kier alpha value is -2.12. The molecule has 0 atom stereocenters. The molecule has 24 heavy (non-hydrogen) atoms. The quantitative estimate of drug-likeness (QED) is 0.543. The molecule has 2 fully saturated rings. The summed E-state index contributed by atoms with van der Waals surface area (Å²) in [6.07, 6.45) is 4.80. The topological polar surface area (TPSA) is 96.0 Å². The van der Waals surface area contributed by atoms with Crippen LogP contribution in [0.3, 0.4) is 0 Å². The molecule has 1 spiro atoms. The molecule has 1 aliphatic heterocycles. The van der Waals surface area contributed by atoms with Crippen molar-refractivity contribution in [3.8, 4) is 0 Å². The highest BCUT2D eigenvalue weighted by molar-refractivity contribution is 6.08. The average molecular weight is 339 g/mol. The first-order valence-electron chi connectivity index (χ1n) is 8.43. The number of likely N-dealkylation sites (N-methyl/N-ethyl adjacent to an activating group) is 1. The number of unbranched alkanes of at least 4 members (excludes halogenated alkanes) is 1. The second-order valence-corrected chi connectivity index (χ2v) is 6.44. The van der Waals surface area contributed by atoms with Crippen molar-refractivity contribution >= 4 is 23.8 Å². The summed E-state index contributed by atoms with van der Waals surface area (Å²) < 4.78 is 4.91. The van der Waals surface area contributed by atoms with E-state index in [0.29, 0.717) is 19.4 Å². The zero-order valence-corrected chi connectivity index (χ0v) is 14.3. The van der Waals surface area contributed by atoms with Crippen LogP contribution in [-0.4, -0.2) is 65.9 Å². The smallest absolute Gasteiger partial charge is 0.326 e. The Morgan fingerprint density at radius 1 is 1.29 bits per heavy atom. The van der Waals surface area contributed by atoms with Crippen LogP contribution in [0.1, 0.15) is 45.4 Å². The minimum absolute atomic E-state index is 0.304. The van der Waals surface area contributed by atoms with Crippen LogP contribution in [0.5, 0.6) is 0 Å². The first-order valence-corrected chi connectivity index (χ1v) is 8.43. The Balaban J connectivity index is 1.81. The standard InChI is InChI=1S/C16H25N3O5/c1-3-4-9-18(2)12(20)11-24-13(21)10-19-14(22)16(17-15(19)23)7-5-6-8-16/h3-11H2,1-2H3,(H,17,23). The molecule has 0 aromatic rings. The first kappa shape index (κ1) is 18.2. The molecule has 2 rings (SSSR count). The fraction of sp³-hybridized carbons (Fsp3) is 0.750. The number of nitrogens with zero attached hydrogens (tertiary/aromatic N) is 2. The highest BCUT2D eigenvalue weighted by Gasteiger charge is 2.52. The van der Waals surface area contributed by atoms with Crippen LogP contribution in [-0.2, 0) is 19.1 Å². The Morgan fingerprint density at radius 2 is 1.96 bits per heavy atom. The van der Waals surface area contributed by atoms with Gasteiger partial charge in [-0.3, -0.25) is 19.3 Å². The molecule has 4 amide bonds. The van der Waals surface area contributed by atoms with Crippen LogP contribution in [0, 0.1) is 0 Å². The van der Waals surface area contributed by atoms with Gasteiger partial charge < -0.3 is 15.0 Å². The number of rotatable bonds is 7. The average Bonchev–Trinajstić information content (AvgIpc) is 3.11. The van der Waals surface area contributed by atoms with Crippen molar-refractivity contribution in [1.29, 1.82) is 0 Å². The normalized spacial score (nSPS) is 18.8. The van der Waals surface area contributed by atoms with Crippen molar-refractivity contribution in [1.82, 2.24) is 15.1 Å². The number of hydrogen-bond acceptors (Lipinski definition) is 5. The number of nitrogens with one attached hydrogen (secondary N) is 1. The van der Waals surface area contributed by atoms with Gasteiger partial charge >= 0.3 is 12.0 Å². The molecule has 1 N–H and O–H groups in total. The second kappa shape index (κ2) is 7.63. The zero-order chi connectivity index (χ0) is 17.7. The molecule has 0 bridgehead atoms. The maximum Gasteiger partial charge on any atom is 0.326 e. The summed E-state index contributed by atoms with van der Waals surface area (Å²) in [5, 5.41) is 2.70. The molecular formula is C16H25N3O5. The largest absolute Gasteiger partial charge is 0.454 e. The fourth-order valence-electron chi connectivity index (χ4n) is 3.08. The van der Waals surface area contributed by atoms with E-state index in [4.69, 9.17) is 4.74 Å². The molecule has 0 aromatic heterocycles. The molecule has 1 aliphatic carbocycles. The van der Waals surface area contributed by atoms with E-state index in [1.807, 2.05) is 6.92 Å². The van der Waals surface area contributed by atoms with Gasteiger partial charge in [0, 0.05) is 13.6 Å². The van der Waals surface area contributed by atoms with Crippen LogP contribution >= 0.6 is 0 Å². The van der Waals surface area contributed by atoms with Crippen LogP contribution in [0.4, 0.5) is 4.79 Å². The third-order valence-electron chi connectivity index (χ3n) is 4.62. The van der Waals surface area contributed by atoms with E-state index in [9.17, 15) is 19.2 Å². The minimum Gasteiger partial charge on any atom is -0.454 e. The van der Waals surface area contributed by atoms with Gasteiger partial charge in [-0.2, -0.15) is 0 Å². The van der Waals surface area contributed by atoms with Crippen LogP contribution in [0.2, 0.25) is 0 Å². The van der Waals surface area contributed by atoms with E-state index in [1.165, 1.54) is 4.90 Å². The summed E-state index contributed by atoms with van der Waals surface area (Å²) >= 11 is 0. The lowest BCUT2D eigenvalue weighted by Gasteiger charge is -2.20. The molecule has 2 aliphatic rings. The summed E-state index contributed by atoms with van der Waals surface area (Å²) in [6.45, 7) is 1.78. The van der Waals surface area contributed by atoms with Crippen molar-refractivity contribution in [2.45, 2.75) is 51.0 Å². The van der Waals surface area contributed by atoms with Crippen molar-refractivity contribution in [3.63, 3.8) is 0 Å². The molecule has 0 aromatic carbocycles. The predicted octanol–water partition coefficient (Wildman–Crippen LogP) is 0.653. The lowest BCUT2D eigenvalue weighted by molar-refractivity contribution is -0.153. The van der Waals surface area contributed by atoms with Gasteiger partial charge in [0.05, 0.1) is 0 Å². The van der Waals surface area contributed by atoms with E-state index in [0.717, 1.165) is 30.6 Å². The molecule has 8 nitrogen and oxygen atoms in total. The number of carbonyl (C=O) groups is 4. The van der Waals surface area contributed by atoms with Gasteiger partial charge in [0.2, 0.25) is 0 Å². The van der Waals surface area contributed by atoms with Gasteiger partial charge in [0.25, 0.3) is 11.8 Å². The van der Waals surface area contributed by atoms with Crippen LogP contribution in [0.25, 0.3) is 0 Å². The third-order valence-corrected chi connectivity index (χ3v) is 4.62. The molecule has 0 radical (unpaired) electrons. The SMILES string of the molecule is CCCCN(C)C(=O)COC(=O)CN1C(=O)NC2(CCCC2)C1=O. The van der Waals surface area contributed by atoms with E-state index in [-0.39, 0.29) is 18.4 Å². The molecule has 0 unspecified atom stereocenters. The maximum absolute atomic E-state index is 12.4. The number of amides is 4. The monoisotopic (exact) mass is 339 g/mol. The number of hydrogen-bond donors (Lipinski definition) is 1. The van der Waals surface area contributed by atoms with E-state index < -0.39 is 24.1 Å². The molecule has 8 heteroatoms. The second-order valence-electron chi connectivity index (χ2n) is 6.44. The summed E-state index contributed by atoms with van der Waals surface area (Å²) in [5.41, 5.74) is -0.840. The first-order chi connectivity index (χ1) is 11.4. The van der Waals surface area contributed by atoms with Crippen molar-refractivity contribution in [3.05, 3.63) is 0 Å². The fourth-order valence-corrected chi connectivity index (χ4v) is 3.08. The number of urea groups is 1. The van der Waals surface area contributed by atoms with Gasteiger partial charge in [-0.05, 0) is 19.3 Å². The third kappa shape index (κ3) is 3.85. The van der Waals surface area contributed by atoms with Gasteiger partial charge in [0.15, 0.2) is 6.61 Å². The summed E-state index contributed by atoms with van der Waals surface area (Å²) in [6, 6.07) is -0.565. The van der Waals surface area contributed by atoms with Crippen molar-refractivity contribution in [2.75, 3.05) is 26.7 Å². The number of ether oxygens (including phenoxy) is 1. The highest BCUT2D eigenvalue weighted by Crippen LogP contribution is 2.34. The van der Waals surface area contributed by atoms with E-state index in [2.05, 4.69) is 5.32 Å². The van der Waals surface area contributed by atoms with Crippen LogP contribution < -0.4 is 5.32 Å². The lowest BCUT2D eigenvalue weighted by Crippen LogP contribution is -2.44. The Labute approximate surface area is 141 Å². The van der Waals surface area contributed by atoms with Gasteiger partial charge in [-0.15, -0.1) is 0 Å². The molecule has 1 saturated heterocycles. The zero-order valence-electron chi connectivity index (χ0n) is 14.3. The van der Waals surface area contributed by atoms with E-state index in [1.54, 1.807) is 7.05 Å². The summed E-state index contributed by atoms with van der Waals surface area (Å²) in [4.78, 5) is 50.4. The molecule has 1 saturated carbocycles. The van der Waals surface area contributed by atoms with Crippen LogP contribution in [0.15, 0.2) is 0 Å². The Kier molecular flexibility index (Phi) is 5.80. The maximum atomic E-state index is 12.4. The van der Waals surface area contributed by atoms with Gasteiger partial charge in [-0.1, -0.05) is 26.2 Å². The Bertz CT molecular complexity index is 528. The summed E-state index contributed by atoms with van der Waals surface area (Å²) in [5.74, 6) is -1.43. The highest BCUT2D eigenvalue weighted by atomic mass is 16.5. The van der Waals surface area contributed by atoms with Crippen molar-refractivity contribution < 1.29 is 23.9 Å². The minimum atomic E-state index is -0.840. The molecule has 134 valence electrons. The Morgan fingerprint density at radius 3 is 2.58 bits per heavy atom. The number of imide groups is 1. The van der Waals surface area contributed by atoms with Crippen molar-refractivity contribution in [2.24, 2.45) is 0 Å². The van der Waals surface area contributed by atoms with E-state index >= 15 is 0 Å². The molecular weight excluding hydrogens is 314 g/mol. The predicted molar refractivity (Wildman–Crippen MR) is 84.9 cm³/mol. The van der Waals surface area contributed by atoms with Gasteiger partial charge in [0.1, 0.15) is 12.1 Å². The lowest BCUT2D eigenvalue weighted by atomic mass is 9.98. The number of carbonyl (C=O) groups excluding carboxylic acids is 4. The molecule has 1 heterocycles.